The second kappa shape index (κ2) is 8.97. The summed E-state index contributed by atoms with van der Waals surface area (Å²) in [7, 11) is 6.22. The number of aryl methyl sites for hydroxylation is 1. The van der Waals surface area contributed by atoms with E-state index in [1.807, 2.05) is 6.07 Å². The normalized spacial score (nSPS) is 15.7. The summed E-state index contributed by atoms with van der Waals surface area (Å²) < 4.78 is 16.1. The van der Waals surface area contributed by atoms with Crippen LogP contribution in [0.5, 0.6) is 17.2 Å². The van der Waals surface area contributed by atoms with E-state index in [1.54, 1.807) is 20.2 Å². The number of ether oxygens (including phenoxy) is 3. The van der Waals surface area contributed by atoms with Crippen LogP contribution in [-0.4, -0.2) is 55.8 Å². The molecule has 1 N–H and O–H groups in total. The molecule has 1 fully saturated rings. The van der Waals surface area contributed by atoms with Crippen LogP contribution in [0.3, 0.4) is 0 Å². The molecule has 0 atom stereocenters. The molecule has 1 aromatic carbocycles. The van der Waals surface area contributed by atoms with Gasteiger partial charge in [0.1, 0.15) is 5.54 Å². The number of carboxylic acids is 1. The lowest BCUT2D eigenvalue weighted by Gasteiger charge is -2.41. The van der Waals surface area contributed by atoms with Crippen LogP contribution in [0.1, 0.15) is 44.1 Å². The van der Waals surface area contributed by atoms with E-state index in [9.17, 15) is 14.7 Å². The Hall–Kier alpha value is -2.44. The third-order valence-electron chi connectivity index (χ3n) is 5.49. The van der Waals surface area contributed by atoms with Crippen LogP contribution in [-0.2, 0) is 16.0 Å². The summed E-state index contributed by atoms with van der Waals surface area (Å²) in [6.07, 6.45) is 4.29. The van der Waals surface area contributed by atoms with E-state index in [0.717, 1.165) is 24.8 Å². The first-order chi connectivity index (χ1) is 12.9. The van der Waals surface area contributed by atoms with Gasteiger partial charge in [-0.15, -0.1) is 0 Å². The standard InChI is InChI=1S/C20H29NO6/c1-21(20(19(23)24)12-6-5-7-13-20)16(22)11-9-14-8-10-15(25-2)18(27-4)17(14)26-3/h8,10H,5-7,9,11-13H2,1-4H3,(H,23,24). The predicted molar refractivity (Wildman–Crippen MR) is 101 cm³/mol. The topological polar surface area (TPSA) is 85.3 Å². The maximum atomic E-state index is 12.8. The van der Waals surface area contributed by atoms with Gasteiger partial charge in [0.05, 0.1) is 21.3 Å². The minimum atomic E-state index is -1.09. The summed E-state index contributed by atoms with van der Waals surface area (Å²) in [4.78, 5) is 26.1. The van der Waals surface area contributed by atoms with Gasteiger partial charge in [0.15, 0.2) is 11.5 Å². The van der Waals surface area contributed by atoms with Gasteiger partial charge < -0.3 is 24.2 Å². The Kier molecular flexibility index (Phi) is 6.93. The molecule has 7 heteroatoms. The number of carboxylic acid groups (broad SMARTS) is 1. The summed E-state index contributed by atoms with van der Waals surface area (Å²) in [5, 5.41) is 9.76. The van der Waals surface area contributed by atoms with Gasteiger partial charge in [-0.2, -0.15) is 0 Å². The molecule has 7 nitrogen and oxygen atoms in total. The second-order valence-corrected chi connectivity index (χ2v) is 6.84. The molecule has 0 spiro atoms. The molecule has 1 amide bonds. The van der Waals surface area contributed by atoms with Crippen molar-refractivity contribution in [2.45, 2.75) is 50.5 Å². The summed E-state index contributed by atoms with van der Waals surface area (Å²) in [6.45, 7) is 0. The van der Waals surface area contributed by atoms with E-state index in [-0.39, 0.29) is 12.3 Å². The number of methoxy groups -OCH3 is 3. The highest BCUT2D eigenvalue weighted by atomic mass is 16.5. The summed E-state index contributed by atoms with van der Waals surface area (Å²) in [5.74, 6) is 0.456. The fraction of sp³-hybridized carbons (Fsp3) is 0.600. The van der Waals surface area contributed by atoms with E-state index in [1.165, 1.54) is 19.1 Å². The largest absolute Gasteiger partial charge is 0.493 e. The highest BCUT2D eigenvalue weighted by Crippen LogP contribution is 2.40. The molecule has 0 bridgehead atoms. The van der Waals surface area contributed by atoms with Crippen LogP contribution in [0, 0.1) is 0 Å². The lowest BCUT2D eigenvalue weighted by atomic mass is 9.80. The number of benzene rings is 1. The number of hydrogen-bond donors (Lipinski definition) is 1. The monoisotopic (exact) mass is 379 g/mol. The summed E-state index contributed by atoms with van der Waals surface area (Å²) in [5.41, 5.74) is -0.276. The maximum Gasteiger partial charge on any atom is 0.329 e. The number of rotatable bonds is 8. The van der Waals surface area contributed by atoms with E-state index in [0.29, 0.717) is 36.5 Å². The average Bonchev–Trinajstić information content (AvgIpc) is 2.70. The van der Waals surface area contributed by atoms with E-state index in [2.05, 4.69) is 0 Å². The highest BCUT2D eigenvalue weighted by molar-refractivity contribution is 5.87. The number of nitrogens with zero attached hydrogens (tertiary/aromatic N) is 1. The zero-order valence-corrected chi connectivity index (χ0v) is 16.5. The fourth-order valence-electron chi connectivity index (χ4n) is 3.84. The molecule has 0 radical (unpaired) electrons. The van der Waals surface area contributed by atoms with Crippen molar-refractivity contribution in [3.05, 3.63) is 17.7 Å². The molecular weight excluding hydrogens is 350 g/mol. The Morgan fingerprint density at radius 1 is 1.04 bits per heavy atom. The zero-order valence-electron chi connectivity index (χ0n) is 16.5. The molecule has 1 aromatic rings. The first-order valence-corrected chi connectivity index (χ1v) is 9.19. The Bertz CT molecular complexity index is 681. The SMILES string of the molecule is COc1ccc(CCC(=O)N(C)C2(C(=O)O)CCCCC2)c(OC)c1OC. The van der Waals surface area contributed by atoms with Crippen molar-refractivity contribution < 1.29 is 28.9 Å². The Morgan fingerprint density at radius 3 is 2.19 bits per heavy atom. The van der Waals surface area contributed by atoms with Crippen molar-refractivity contribution >= 4 is 11.9 Å². The van der Waals surface area contributed by atoms with Gasteiger partial charge in [0.2, 0.25) is 11.7 Å². The minimum absolute atomic E-state index is 0.184. The van der Waals surface area contributed by atoms with Crippen molar-refractivity contribution in [2.24, 2.45) is 0 Å². The first kappa shape index (κ1) is 20.9. The maximum absolute atomic E-state index is 12.8. The van der Waals surface area contributed by atoms with Crippen molar-refractivity contribution in [3.63, 3.8) is 0 Å². The van der Waals surface area contributed by atoms with Gasteiger partial charge in [-0.25, -0.2) is 4.79 Å². The third kappa shape index (κ3) is 4.12. The van der Waals surface area contributed by atoms with Crippen molar-refractivity contribution in [3.8, 4) is 17.2 Å². The van der Waals surface area contributed by atoms with Crippen molar-refractivity contribution in [2.75, 3.05) is 28.4 Å². The molecular formula is C20H29NO6. The second-order valence-electron chi connectivity index (χ2n) is 6.84. The van der Waals surface area contributed by atoms with E-state index < -0.39 is 11.5 Å². The van der Waals surface area contributed by atoms with Gasteiger partial charge >= 0.3 is 5.97 Å². The Morgan fingerprint density at radius 2 is 1.67 bits per heavy atom. The van der Waals surface area contributed by atoms with Gasteiger partial charge in [0, 0.05) is 13.5 Å². The lowest BCUT2D eigenvalue weighted by Crippen LogP contribution is -2.56. The molecule has 1 saturated carbocycles. The number of likely N-dealkylation sites (N-methyl/N-ethyl adjacent to an activating group) is 1. The number of amides is 1. The van der Waals surface area contributed by atoms with Crippen molar-refractivity contribution in [1.29, 1.82) is 0 Å². The van der Waals surface area contributed by atoms with Crippen LogP contribution in [0.15, 0.2) is 12.1 Å². The molecule has 0 unspecified atom stereocenters. The molecule has 1 aliphatic carbocycles. The predicted octanol–water partition coefficient (Wildman–Crippen LogP) is 2.89. The zero-order chi connectivity index (χ0) is 20.0. The Labute approximate surface area is 160 Å². The third-order valence-corrected chi connectivity index (χ3v) is 5.49. The van der Waals surface area contributed by atoms with Crippen LogP contribution in [0.4, 0.5) is 0 Å². The van der Waals surface area contributed by atoms with Crippen LogP contribution in [0.25, 0.3) is 0 Å². The van der Waals surface area contributed by atoms with Gasteiger partial charge in [-0.05, 0) is 30.9 Å². The molecule has 150 valence electrons. The van der Waals surface area contributed by atoms with Gasteiger partial charge in [-0.1, -0.05) is 25.3 Å². The Balaban J connectivity index is 2.16. The number of carbonyl (C=O) groups is 2. The quantitative estimate of drug-likeness (QED) is 0.748. The molecule has 0 aliphatic heterocycles. The van der Waals surface area contributed by atoms with E-state index in [4.69, 9.17) is 14.2 Å². The van der Waals surface area contributed by atoms with E-state index >= 15 is 0 Å². The molecule has 0 aromatic heterocycles. The van der Waals surface area contributed by atoms with Gasteiger partial charge in [-0.3, -0.25) is 4.79 Å². The number of carbonyl (C=O) groups excluding carboxylic acids is 1. The molecule has 0 heterocycles. The average molecular weight is 379 g/mol. The number of aliphatic carboxylic acids is 1. The molecule has 1 aliphatic rings. The molecule has 27 heavy (non-hydrogen) atoms. The lowest BCUT2D eigenvalue weighted by molar-refractivity contribution is -0.160. The fourth-order valence-corrected chi connectivity index (χ4v) is 3.84. The van der Waals surface area contributed by atoms with Crippen LogP contribution < -0.4 is 14.2 Å². The summed E-state index contributed by atoms with van der Waals surface area (Å²) >= 11 is 0. The number of hydrogen-bond acceptors (Lipinski definition) is 5. The minimum Gasteiger partial charge on any atom is -0.493 e. The van der Waals surface area contributed by atoms with Crippen LogP contribution >= 0.6 is 0 Å². The van der Waals surface area contributed by atoms with Crippen molar-refractivity contribution in [1.82, 2.24) is 4.90 Å². The molecule has 2 rings (SSSR count). The molecule has 0 saturated heterocycles. The highest BCUT2D eigenvalue weighted by Gasteiger charge is 2.45. The van der Waals surface area contributed by atoms with Crippen LogP contribution in [0.2, 0.25) is 0 Å². The van der Waals surface area contributed by atoms with Gasteiger partial charge in [0.25, 0.3) is 0 Å². The first-order valence-electron chi connectivity index (χ1n) is 9.19. The smallest absolute Gasteiger partial charge is 0.329 e. The summed E-state index contributed by atoms with van der Waals surface area (Å²) in [6, 6.07) is 3.60.